The van der Waals surface area contributed by atoms with Gasteiger partial charge in [0.15, 0.2) is 5.78 Å². The Bertz CT molecular complexity index is 1120. The number of carbonyl (C=O) groups excluding carboxylic acids is 3. The fourth-order valence-electron chi connectivity index (χ4n) is 4.08. The van der Waals surface area contributed by atoms with E-state index in [9.17, 15) is 14.4 Å². The van der Waals surface area contributed by atoms with Gasteiger partial charge in [-0.2, -0.15) is 0 Å². The summed E-state index contributed by atoms with van der Waals surface area (Å²) in [6, 6.07) is 14.0. The molecule has 2 aliphatic heterocycles. The first-order valence-corrected chi connectivity index (χ1v) is 12.5. The van der Waals surface area contributed by atoms with Gasteiger partial charge in [-0.15, -0.1) is 0 Å². The van der Waals surface area contributed by atoms with Crippen molar-refractivity contribution in [3.8, 4) is 5.75 Å². The topological polar surface area (TPSA) is 66.9 Å². The molecule has 0 aliphatic carbocycles. The minimum absolute atomic E-state index is 0.125. The average molecular weight is 495 g/mol. The molecule has 0 N–H and O–H groups in total. The Hall–Kier alpha value is -2.97. The van der Waals surface area contributed by atoms with Crippen molar-refractivity contribution in [2.45, 2.75) is 30.9 Å². The normalized spacial score (nSPS) is 18.6. The molecule has 2 aliphatic rings. The zero-order chi connectivity index (χ0) is 24.1. The van der Waals surface area contributed by atoms with E-state index >= 15 is 0 Å². The van der Waals surface area contributed by atoms with Gasteiger partial charge in [0.25, 0.3) is 0 Å². The summed E-state index contributed by atoms with van der Waals surface area (Å²) in [6.07, 6.45) is 6.71. The van der Waals surface area contributed by atoms with Crippen LogP contribution in [0.25, 0.3) is 6.08 Å². The molecule has 1 atom stereocenters. The van der Waals surface area contributed by atoms with Crippen molar-refractivity contribution in [3.63, 3.8) is 0 Å². The van der Waals surface area contributed by atoms with Gasteiger partial charge in [0.2, 0.25) is 11.8 Å². The molecule has 2 aromatic rings. The van der Waals surface area contributed by atoms with Crippen LogP contribution in [0.2, 0.25) is 0 Å². The fourth-order valence-corrected chi connectivity index (χ4v) is 5.62. The number of ketones is 1. The molecular weight excluding hydrogens is 468 g/mol. The van der Waals surface area contributed by atoms with Gasteiger partial charge in [-0.3, -0.25) is 14.4 Å². The molecule has 4 rings (SSSR count). The Morgan fingerprint density at radius 3 is 2.47 bits per heavy atom. The van der Waals surface area contributed by atoms with Gasteiger partial charge in [-0.05, 0) is 61.7 Å². The number of hydrogen-bond acceptors (Lipinski definition) is 6. The van der Waals surface area contributed by atoms with Crippen LogP contribution in [0, 0.1) is 0 Å². The number of carbonyl (C=O) groups is 3. The first-order chi connectivity index (χ1) is 16.5. The molecule has 0 aromatic heterocycles. The average Bonchev–Trinajstić information content (AvgIpc) is 3.15. The maximum absolute atomic E-state index is 13.0. The van der Waals surface area contributed by atoms with E-state index in [1.165, 1.54) is 29.2 Å². The number of nitrogens with zero attached hydrogens (tertiary/aromatic N) is 2. The van der Waals surface area contributed by atoms with Gasteiger partial charge in [-0.1, -0.05) is 42.2 Å². The molecule has 0 unspecified atom stereocenters. The highest BCUT2D eigenvalue weighted by atomic mass is 32.2. The summed E-state index contributed by atoms with van der Waals surface area (Å²) in [5.74, 6) is -0.0133. The number of allylic oxidation sites excluding steroid dienone is 1. The summed E-state index contributed by atoms with van der Waals surface area (Å²) in [4.78, 5) is 41.6. The van der Waals surface area contributed by atoms with E-state index in [1.807, 2.05) is 24.3 Å². The molecule has 2 heterocycles. The van der Waals surface area contributed by atoms with Crippen LogP contribution in [0.3, 0.4) is 0 Å². The number of para-hydroxylation sites is 1. The lowest BCUT2D eigenvalue weighted by molar-refractivity contribution is -0.121. The van der Waals surface area contributed by atoms with Gasteiger partial charge in [0.05, 0.1) is 12.8 Å². The van der Waals surface area contributed by atoms with Crippen LogP contribution < -0.4 is 9.64 Å². The SMILES string of the molecule is COc1ccccc1/C=C/C(=O)c1ccc(N2C(=O)C[C@H](SC(=S)N3CCCCC3)C2=O)cc1. The highest BCUT2D eigenvalue weighted by Gasteiger charge is 2.41. The summed E-state index contributed by atoms with van der Waals surface area (Å²) >= 11 is 6.85. The number of amides is 2. The lowest BCUT2D eigenvalue weighted by Gasteiger charge is -2.29. The molecule has 8 heteroatoms. The number of hydrogen-bond donors (Lipinski definition) is 0. The number of rotatable bonds is 6. The minimum Gasteiger partial charge on any atom is -0.496 e. The Morgan fingerprint density at radius 2 is 1.76 bits per heavy atom. The van der Waals surface area contributed by atoms with Gasteiger partial charge in [0, 0.05) is 30.6 Å². The third-order valence-electron chi connectivity index (χ3n) is 5.93. The molecule has 176 valence electrons. The number of ether oxygens (including phenoxy) is 1. The molecule has 6 nitrogen and oxygen atoms in total. The van der Waals surface area contributed by atoms with Crippen LogP contribution in [0.5, 0.6) is 5.75 Å². The van der Waals surface area contributed by atoms with Crippen molar-refractivity contribution in [2.24, 2.45) is 0 Å². The molecule has 2 aromatic carbocycles. The van der Waals surface area contributed by atoms with Gasteiger partial charge in [-0.25, -0.2) is 4.90 Å². The minimum atomic E-state index is -0.507. The zero-order valence-electron chi connectivity index (χ0n) is 18.9. The third kappa shape index (κ3) is 5.39. The second kappa shape index (κ2) is 11.0. The van der Waals surface area contributed by atoms with Gasteiger partial charge in [0.1, 0.15) is 15.3 Å². The van der Waals surface area contributed by atoms with Crippen LogP contribution in [0.4, 0.5) is 5.69 Å². The van der Waals surface area contributed by atoms with E-state index in [0.717, 1.165) is 31.5 Å². The predicted octanol–water partition coefficient (Wildman–Crippen LogP) is 4.73. The predicted molar refractivity (Wildman–Crippen MR) is 139 cm³/mol. The maximum Gasteiger partial charge on any atom is 0.247 e. The molecule has 34 heavy (non-hydrogen) atoms. The summed E-state index contributed by atoms with van der Waals surface area (Å²) < 4.78 is 5.99. The summed E-state index contributed by atoms with van der Waals surface area (Å²) in [5.41, 5.74) is 1.73. The number of piperidine rings is 1. The quantitative estimate of drug-likeness (QED) is 0.249. The maximum atomic E-state index is 13.0. The molecule has 0 saturated carbocycles. The number of methoxy groups -OCH3 is 1. The smallest absolute Gasteiger partial charge is 0.247 e. The van der Waals surface area contributed by atoms with Crippen molar-refractivity contribution in [1.82, 2.24) is 4.90 Å². The van der Waals surface area contributed by atoms with Crippen molar-refractivity contribution >= 4 is 57.7 Å². The molecule has 2 fully saturated rings. The Morgan fingerprint density at radius 1 is 1.06 bits per heavy atom. The van der Waals surface area contributed by atoms with Crippen LogP contribution in [-0.4, -0.2) is 52.3 Å². The summed E-state index contributed by atoms with van der Waals surface area (Å²) in [6.45, 7) is 1.82. The largest absolute Gasteiger partial charge is 0.496 e. The van der Waals surface area contributed by atoms with Gasteiger partial charge < -0.3 is 9.64 Å². The number of thiocarbonyl (C=S) groups is 1. The van der Waals surface area contributed by atoms with Crippen molar-refractivity contribution in [2.75, 3.05) is 25.1 Å². The Balaban J connectivity index is 1.41. The second-order valence-electron chi connectivity index (χ2n) is 8.18. The highest BCUT2D eigenvalue weighted by Crippen LogP contribution is 2.32. The number of imide groups is 1. The molecule has 0 bridgehead atoms. The standard InChI is InChI=1S/C26H26N2O4S2/c1-32-22-8-4-3-7-19(22)11-14-21(29)18-9-12-20(13-10-18)28-24(30)17-23(25(28)31)34-26(33)27-15-5-2-6-16-27/h3-4,7-14,23H,2,5-6,15-17H2,1H3/b14-11+/t23-/m0/s1. The van der Waals surface area contributed by atoms with Crippen LogP contribution in [0.1, 0.15) is 41.6 Å². The lowest BCUT2D eigenvalue weighted by atomic mass is 10.1. The third-order valence-corrected chi connectivity index (χ3v) is 7.59. The van der Waals surface area contributed by atoms with E-state index in [1.54, 1.807) is 37.5 Å². The zero-order valence-corrected chi connectivity index (χ0v) is 20.6. The molecule has 2 amide bonds. The first kappa shape index (κ1) is 24.2. The van der Waals surface area contributed by atoms with Crippen molar-refractivity contribution in [3.05, 3.63) is 65.7 Å². The van der Waals surface area contributed by atoms with Gasteiger partial charge >= 0.3 is 0 Å². The van der Waals surface area contributed by atoms with Crippen LogP contribution in [0.15, 0.2) is 54.6 Å². The monoisotopic (exact) mass is 494 g/mol. The number of thioether (sulfide) groups is 1. The van der Waals surface area contributed by atoms with E-state index in [-0.39, 0.29) is 24.0 Å². The number of anilines is 1. The van der Waals surface area contributed by atoms with E-state index in [2.05, 4.69) is 4.90 Å². The second-order valence-corrected chi connectivity index (χ2v) is 10.0. The molecule has 2 saturated heterocycles. The summed E-state index contributed by atoms with van der Waals surface area (Å²) in [5, 5.41) is -0.507. The summed E-state index contributed by atoms with van der Waals surface area (Å²) in [7, 11) is 1.58. The number of benzene rings is 2. The lowest BCUT2D eigenvalue weighted by Crippen LogP contribution is -2.35. The van der Waals surface area contributed by atoms with E-state index < -0.39 is 5.25 Å². The molecule has 0 radical (unpaired) electrons. The molecular formula is C26H26N2O4S2. The van der Waals surface area contributed by atoms with Crippen LogP contribution >= 0.6 is 24.0 Å². The highest BCUT2D eigenvalue weighted by molar-refractivity contribution is 8.23. The van der Waals surface area contributed by atoms with E-state index in [4.69, 9.17) is 17.0 Å². The van der Waals surface area contributed by atoms with Crippen molar-refractivity contribution < 1.29 is 19.1 Å². The Kier molecular flexibility index (Phi) is 7.80. The van der Waals surface area contributed by atoms with Crippen LogP contribution in [-0.2, 0) is 9.59 Å². The Labute approximate surface area is 208 Å². The van der Waals surface area contributed by atoms with E-state index in [0.29, 0.717) is 21.3 Å². The fraction of sp³-hybridized carbons (Fsp3) is 0.308. The molecule has 0 spiro atoms. The van der Waals surface area contributed by atoms with Crippen molar-refractivity contribution in [1.29, 1.82) is 0 Å². The number of likely N-dealkylation sites (tertiary alicyclic amines) is 1. The first-order valence-electron chi connectivity index (χ1n) is 11.3.